The van der Waals surface area contributed by atoms with Gasteiger partial charge in [-0.1, -0.05) is 0 Å². The van der Waals surface area contributed by atoms with Crippen LogP contribution in [0.1, 0.15) is 33.1 Å². The van der Waals surface area contributed by atoms with E-state index >= 15 is 0 Å². The number of nitrogens with one attached hydrogen (secondary N) is 2. The first kappa shape index (κ1) is 9.97. The van der Waals surface area contributed by atoms with E-state index < -0.39 is 0 Å². The minimum atomic E-state index is 0.0221. The summed E-state index contributed by atoms with van der Waals surface area (Å²) in [4.78, 5) is 11.7. The zero-order valence-corrected chi connectivity index (χ0v) is 9.10. The summed E-state index contributed by atoms with van der Waals surface area (Å²) in [6.45, 7) is 6.30. The molecule has 1 aliphatic heterocycles. The Morgan fingerprint density at radius 1 is 1.43 bits per heavy atom. The molecule has 2 fully saturated rings. The van der Waals surface area contributed by atoms with E-state index in [1.165, 1.54) is 12.8 Å². The molecule has 1 saturated carbocycles. The van der Waals surface area contributed by atoms with Gasteiger partial charge in [-0.3, -0.25) is 4.79 Å². The molecule has 0 spiro atoms. The second-order valence-corrected chi connectivity index (χ2v) is 5.27. The van der Waals surface area contributed by atoms with Gasteiger partial charge in [-0.25, -0.2) is 0 Å². The van der Waals surface area contributed by atoms with Crippen molar-refractivity contribution in [3.63, 3.8) is 0 Å². The second-order valence-electron chi connectivity index (χ2n) is 5.27. The van der Waals surface area contributed by atoms with Crippen LogP contribution >= 0.6 is 0 Å². The second kappa shape index (κ2) is 3.54. The molecule has 3 heteroatoms. The fraction of sp³-hybridized carbons (Fsp3) is 0.909. The molecule has 14 heavy (non-hydrogen) atoms. The predicted molar refractivity (Wildman–Crippen MR) is 55.9 cm³/mol. The van der Waals surface area contributed by atoms with Crippen molar-refractivity contribution in [3.8, 4) is 0 Å². The maximum atomic E-state index is 11.7. The highest BCUT2D eigenvalue weighted by molar-refractivity contribution is 5.77. The maximum absolute atomic E-state index is 11.7. The van der Waals surface area contributed by atoms with Crippen LogP contribution in [0.3, 0.4) is 0 Å². The van der Waals surface area contributed by atoms with Crippen LogP contribution in [0, 0.1) is 11.8 Å². The van der Waals surface area contributed by atoms with E-state index in [1.807, 2.05) is 0 Å². The van der Waals surface area contributed by atoms with Gasteiger partial charge in [0.1, 0.15) is 0 Å². The van der Waals surface area contributed by atoms with Crippen LogP contribution in [0.2, 0.25) is 0 Å². The van der Waals surface area contributed by atoms with Crippen LogP contribution in [-0.4, -0.2) is 24.5 Å². The number of hydrogen-bond donors (Lipinski definition) is 2. The minimum absolute atomic E-state index is 0.0221. The van der Waals surface area contributed by atoms with Gasteiger partial charge in [-0.05, 0) is 51.6 Å². The molecule has 1 saturated heterocycles. The Balaban J connectivity index is 1.74. The van der Waals surface area contributed by atoms with Gasteiger partial charge in [-0.15, -0.1) is 0 Å². The molecule has 2 aliphatic rings. The van der Waals surface area contributed by atoms with Gasteiger partial charge >= 0.3 is 0 Å². The Hall–Kier alpha value is -0.570. The van der Waals surface area contributed by atoms with Gasteiger partial charge in [0.2, 0.25) is 5.91 Å². The molecule has 2 rings (SSSR count). The average Bonchev–Trinajstić information content (AvgIpc) is 2.77. The molecule has 0 aromatic carbocycles. The third-order valence-electron chi connectivity index (χ3n) is 3.40. The molecule has 0 aromatic rings. The molecule has 0 aromatic heterocycles. The van der Waals surface area contributed by atoms with E-state index in [2.05, 4.69) is 24.5 Å². The number of amides is 1. The van der Waals surface area contributed by atoms with Crippen molar-refractivity contribution >= 4 is 5.91 Å². The summed E-state index contributed by atoms with van der Waals surface area (Å²) in [6.07, 6.45) is 3.25. The highest BCUT2D eigenvalue weighted by Gasteiger charge is 2.38. The largest absolute Gasteiger partial charge is 0.351 e. The average molecular weight is 196 g/mol. The smallest absolute Gasteiger partial charge is 0.220 e. The summed E-state index contributed by atoms with van der Waals surface area (Å²) < 4.78 is 0. The van der Waals surface area contributed by atoms with Gasteiger partial charge in [0, 0.05) is 12.0 Å². The lowest BCUT2D eigenvalue weighted by molar-refractivity contribution is -0.124. The van der Waals surface area contributed by atoms with E-state index in [0.717, 1.165) is 13.1 Å². The molecule has 2 N–H and O–H groups in total. The first-order valence-corrected chi connectivity index (χ1v) is 5.59. The SMILES string of the molecule is CC(C)(NC(=O)CC1CNC1)C1CC1. The molecule has 3 nitrogen and oxygen atoms in total. The molecular formula is C11H20N2O. The van der Waals surface area contributed by atoms with Crippen molar-refractivity contribution in [1.29, 1.82) is 0 Å². The normalized spacial score (nSPS) is 23.0. The zero-order chi connectivity index (χ0) is 10.2. The van der Waals surface area contributed by atoms with Crippen molar-refractivity contribution in [2.75, 3.05) is 13.1 Å². The Bertz CT molecular complexity index is 229. The van der Waals surface area contributed by atoms with Gasteiger partial charge in [0.25, 0.3) is 0 Å². The summed E-state index contributed by atoms with van der Waals surface area (Å²) in [5.41, 5.74) is 0.0221. The zero-order valence-electron chi connectivity index (χ0n) is 9.10. The van der Waals surface area contributed by atoms with Crippen LogP contribution in [0.4, 0.5) is 0 Å². The topological polar surface area (TPSA) is 41.1 Å². The summed E-state index contributed by atoms with van der Waals surface area (Å²) in [5.74, 6) is 1.52. The third-order valence-corrected chi connectivity index (χ3v) is 3.40. The number of hydrogen-bond acceptors (Lipinski definition) is 2. The molecule has 1 aliphatic carbocycles. The van der Waals surface area contributed by atoms with Crippen molar-refractivity contribution < 1.29 is 4.79 Å². The maximum Gasteiger partial charge on any atom is 0.220 e. The van der Waals surface area contributed by atoms with Crippen molar-refractivity contribution in [3.05, 3.63) is 0 Å². The molecule has 1 amide bonds. The number of carbonyl (C=O) groups is 1. The van der Waals surface area contributed by atoms with E-state index in [-0.39, 0.29) is 11.4 Å². The van der Waals surface area contributed by atoms with Gasteiger partial charge in [-0.2, -0.15) is 0 Å². The Kier molecular flexibility index (Phi) is 2.52. The fourth-order valence-electron chi connectivity index (χ4n) is 2.07. The summed E-state index contributed by atoms with van der Waals surface area (Å²) >= 11 is 0. The first-order valence-electron chi connectivity index (χ1n) is 5.59. The van der Waals surface area contributed by atoms with Crippen molar-refractivity contribution in [2.24, 2.45) is 11.8 Å². The molecule has 80 valence electrons. The molecule has 0 atom stereocenters. The van der Waals surface area contributed by atoms with E-state index in [1.54, 1.807) is 0 Å². The predicted octanol–water partition coefficient (Wildman–Crippen LogP) is 0.901. The standard InChI is InChI=1S/C11H20N2O/c1-11(2,9-3-4-9)13-10(14)5-8-6-12-7-8/h8-9,12H,3-7H2,1-2H3,(H,13,14). The van der Waals surface area contributed by atoms with Crippen LogP contribution in [-0.2, 0) is 4.79 Å². The Morgan fingerprint density at radius 2 is 2.07 bits per heavy atom. The lowest BCUT2D eigenvalue weighted by Gasteiger charge is -2.30. The van der Waals surface area contributed by atoms with E-state index in [4.69, 9.17) is 0 Å². The molecule has 0 unspecified atom stereocenters. The Labute approximate surface area is 85.6 Å². The Morgan fingerprint density at radius 3 is 2.50 bits per heavy atom. The van der Waals surface area contributed by atoms with E-state index in [9.17, 15) is 4.79 Å². The van der Waals surface area contributed by atoms with Crippen LogP contribution in [0.5, 0.6) is 0 Å². The fourth-order valence-corrected chi connectivity index (χ4v) is 2.07. The quantitative estimate of drug-likeness (QED) is 0.701. The summed E-state index contributed by atoms with van der Waals surface area (Å²) in [6, 6.07) is 0. The number of rotatable bonds is 4. The van der Waals surface area contributed by atoms with E-state index in [0.29, 0.717) is 18.3 Å². The summed E-state index contributed by atoms with van der Waals surface area (Å²) in [7, 11) is 0. The molecular weight excluding hydrogens is 176 g/mol. The first-order chi connectivity index (χ1) is 6.58. The molecule has 1 heterocycles. The van der Waals surface area contributed by atoms with Crippen molar-refractivity contribution in [2.45, 2.75) is 38.6 Å². The van der Waals surface area contributed by atoms with Crippen LogP contribution in [0.15, 0.2) is 0 Å². The minimum Gasteiger partial charge on any atom is -0.351 e. The van der Waals surface area contributed by atoms with Gasteiger partial charge < -0.3 is 10.6 Å². The van der Waals surface area contributed by atoms with Crippen LogP contribution < -0.4 is 10.6 Å². The highest BCUT2D eigenvalue weighted by Crippen LogP contribution is 2.39. The monoisotopic (exact) mass is 196 g/mol. The lowest BCUT2D eigenvalue weighted by atomic mass is 9.95. The highest BCUT2D eigenvalue weighted by atomic mass is 16.1. The third kappa shape index (κ3) is 2.27. The lowest BCUT2D eigenvalue weighted by Crippen LogP contribution is -2.49. The molecule has 0 bridgehead atoms. The number of carbonyl (C=O) groups excluding carboxylic acids is 1. The van der Waals surface area contributed by atoms with Crippen molar-refractivity contribution in [1.82, 2.24) is 10.6 Å². The summed E-state index contributed by atoms with van der Waals surface area (Å²) in [5, 5.41) is 6.34. The molecule has 0 radical (unpaired) electrons. The van der Waals surface area contributed by atoms with Gasteiger partial charge in [0.05, 0.1) is 0 Å². The van der Waals surface area contributed by atoms with Crippen LogP contribution in [0.25, 0.3) is 0 Å². The van der Waals surface area contributed by atoms with Gasteiger partial charge in [0.15, 0.2) is 0 Å².